The SMILES string of the molecule is CC(C)Cn1c(CO)nnc1C1CCCCC1C(F)(F)F. The van der Waals surface area contributed by atoms with Gasteiger partial charge in [-0.05, 0) is 18.8 Å². The van der Waals surface area contributed by atoms with Gasteiger partial charge in [-0.15, -0.1) is 10.2 Å². The van der Waals surface area contributed by atoms with Crippen LogP contribution in [0.3, 0.4) is 0 Å². The van der Waals surface area contributed by atoms with Crippen LogP contribution in [0.15, 0.2) is 0 Å². The quantitative estimate of drug-likeness (QED) is 0.929. The summed E-state index contributed by atoms with van der Waals surface area (Å²) in [6.07, 6.45) is -2.20. The van der Waals surface area contributed by atoms with E-state index in [-0.39, 0.29) is 18.9 Å². The molecule has 1 saturated carbocycles. The number of aromatic nitrogens is 3. The number of hydrogen-bond donors (Lipinski definition) is 1. The largest absolute Gasteiger partial charge is 0.392 e. The summed E-state index contributed by atoms with van der Waals surface area (Å²) in [5.74, 6) is -1.02. The average Bonchev–Trinajstić information content (AvgIpc) is 2.79. The fourth-order valence-corrected chi connectivity index (χ4v) is 3.14. The summed E-state index contributed by atoms with van der Waals surface area (Å²) in [5.41, 5.74) is 0. The summed E-state index contributed by atoms with van der Waals surface area (Å²) >= 11 is 0. The van der Waals surface area contributed by atoms with Gasteiger partial charge in [-0.2, -0.15) is 13.2 Å². The molecule has 0 radical (unpaired) electrons. The Morgan fingerprint density at radius 3 is 2.48 bits per heavy atom. The van der Waals surface area contributed by atoms with Crippen LogP contribution in [0.1, 0.15) is 57.1 Å². The summed E-state index contributed by atoms with van der Waals surface area (Å²) in [4.78, 5) is 0. The number of rotatable bonds is 4. The van der Waals surface area contributed by atoms with Crippen molar-refractivity contribution < 1.29 is 18.3 Å². The first-order chi connectivity index (χ1) is 9.84. The molecule has 1 N–H and O–H groups in total. The zero-order valence-corrected chi connectivity index (χ0v) is 12.4. The van der Waals surface area contributed by atoms with Gasteiger partial charge in [-0.25, -0.2) is 0 Å². The maximum atomic E-state index is 13.3. The fraction of sp³-hybridized carbons (Fsp3) is 0.857. The molecule has 0 aliphatic heterocycles. The van der Waals surface area contributed by atoms with E-state index in [1.54, 1.807) is 4.57 Å². The van der Waals surface area contributed by atoms with E-state index in [9.17, 15) is 18.3 Å². The molecule has 0 spiro atoms. The monoisotopic (exact) mass is 305 g/mol. The van der Waals surface area contributed by atoms with Crippen LogP contribution >= 0.6 is 0 Å². The lowest BCUT2D eigenvalue weighted by Crippen LogP contribution is -2.33. The molecule has 0 bridgehead atoms. The molecule has 1 fully saturated rings. The molecule has 2 rings (SSSR count). The van der Waals surface area contributed by atoms with Crippen LogP contribution in [-0.2, 0) is 13.2 Å². The first-order valence-electron chi connectivity index (χ1n) is 7.44. The van der Waals surface area contributed by atoms with Crippen molar-refractivity contribution in [2.75, 3.05) is 0 Å². The smallest absolute Gasteiger partial charge is 0.388 e. The highest BCUT2D eigenvalue weighted by Gasteiger charge is 2.47. The summed E-state index contributed by atoms with van der Waals surface area (Å²) in [7, 11) is 0. The van der Waals surface area contributed by atoms with Crippen molar-refractivity contribution in [1.82, 2.24) is 14.8 Å². The molecule has 7 heteroatoms. The van der Waals surface area contributed by atoms with Gasteiger partial charge in [-0.1, -0.05) is 26.7 Å². The van der Waals surface area contributed by atoms with E-state index in [2.05, 4.69) is 10.2 Å². The third kappa shape index (κ3) is 3.56. The molecular weight excluding hydrogens is 283 g/mol. The third-order valence-corrected chi connectivity index (χ3v) is 4.06. The van der Waals surface area contributed by atoms with Crippen LogP contribution in [0.25, 0.3) is 0 Å². The van der Waals surface area contributed by atoms with Crippen molar-refractivity contribution in [1.29, 1.82) is 0 Å². The minimum absolute atomic E-state index is 0.150. The van der Waals surface area contributed by atoms with Gasteiger partial charge in [0.25, 0.3) is 0 Å². The van der Waals surface area contributed by atoms with Crippen molar-refractivity contribution in [3.63, 3.8) is 0 Å². The summed E-state index contributed by atoms with van der Waals surface area (Å²) in [6.45, 7) is 4.18. The van der Waals surface area contributed by atoms with Crippen LogP contribution in [0.2, 0.25) is 0 Å². The predicted octanol–water partition coefficient (Wildman–Crippen LogP) is 3.26. The number of aliphatic hydroxyl groups excluding tert-OH is 1. The molecule has 2 atom stereocenters. The predicted molar refractivity (Wildman–Crippen MR) is 71.5 cm³/mol. The molecule has 0 amide bonds. The van der Waals surface area contributed by atoms with E-state index in [4.69, 9.17) is 0 Å². The first kappa shape index (κ1) is 16.3. The van der Waals surface area contributed by atoms with Crippen LogP contribution in [0.5, 0.6) is 0 Å². The molecule has 0 aromatic carbocycles. The van der Waals surface area contributed by atoms with Gasteiger partial charge in [-0.3, -0.25) is 0 Å². The lowest BCUT2D eigenvalue weighted by atomic mass is 9.78. The highest BCUT2D eigenvalue weighted by atomic mass is 19.4. The molecule has 0 saturated heterocycles. The Kier molecular flexibility index (Phi) is 4.91. The van der Waals surface area contributed by atoms with Crippen molar-refractivity contribution in [3.8, 4) is 0 Å². The Morgan fingerprint density at radius 2 is 1.90 bits per heavy atom. The van der Waals surface area contributed by atoms with Crippen molar-refractivity contribution in [2.24, 2.45) is 11.8 Å². The highest BCUT2D eigenvalue weighted by molar-refractivity contribution is 5.06. The van der Waals surface area contributed by atoms with Crippen LogP contribution in [-0.4, -0.2) is 26.0 Å². The van der Waals surface area contributed by atoms with E-state index < -0.39 is 18.0 Å². The maximum absolute atomic E-state index is 13.3. The first-order valence-corrected chi connectivity index (χ1v) is 7.44. The summed E-state index contributed by atoms with van der Waals surface area (Å²) in [5, 5.41) is 17.2. The molecule has 1 aromatic rings. The molecule has 21 heavy (non-hydrogen) atoms. The molecule has 2 unspecified atom stereocenters. The second-order valence-electron chi connectivity index (χ2n) is 6.18. The maximum Gasteiger partial charge on any atom is 0.392 e. The van der Waals surface area contributed by atoms with Gasteiger partial charge in [0, 0.05) is 12.5 Å². The molecule has 1 heterocycles. The third-order valence-electron chi connectivity index (χ3n) is 4.06. The minimum Gasteiger partial charge on any atom is -0.388 e. The fourth-order valence-electron chi connectivity index (χ4n) is 3.14. The van der Waals surface area contributed by atoms with Crippen molar-refractivity contribution in [3.05, 3.63) is 11.6 Å². The average molecular weight is 305 g/mol. The number of nitrogens with zero attached hydrogens (tertiary/aromatic N) is 3. The number of halogens is 3. The Hall–Kier alpha value is -1.11. The lowest BCUT2D eigenvalue weighted by molar-refractivity contribution is -0.188. The van der Waals surface area contributed by atoms with Gasteiger partial charge < -0.3 is 9.67 Å². The highest BCUT2D eigenvalue weighted by Crippen LogP contribution is 2.46. The van der Waals surface area contributed by atoms with E-state index >= 15 is 0 Å². The van der Waals surface area contributed by atoms with E-state index in [1.807, 2.05) is 13.8 Å². The van der Waals surface area contributed by atoms with Gasteiger partial charge in [0.2, 0.25) is 0 Å². The normalized spacial score (nSPS) is 23.8. The standard InChI is InChI=1S/C14H22F3N3O/c1-9(2)7-20-12(8-21)18-19-13(20)10-5-3-4-6-11(10)14(15,16)17/h9-11,21H,3-8H2,1-2H3. The van der Waals surface area contributed by atoms with Gasteiger partial charge in [0.05, 0.1) is 5.92 Å². The Labute approximate surface area is 122 Å². The second-order valence-corrected chi connectivity index (χ2v) is 6.18. The Balaban J connectivity index is 2.36. The zero-order valence-electron chi connectivity index (χ0n) is 12.4. The number of alkyl halides is 3. The van der Waals surface area contributed by atoms with Crippen LogP contribution in [0, 0.1) is 11.8 Å². The van der Waals surface area contributed by atoms with E-state index in [0.29, 0.717) is 31.0 Å². The van der Waals surface area contributed by atoms with E-state index in [0.717, 1.165) is 6.42 Å². The topological polar surface area (TPSA) is 50.9 Å². The molecule has 1 aromatic heterocycles. The zero-order chi connectivity index (χ0) is 15.6. The van der Waals surface area contributed by atoms with Crippen molar-refractivity contribution >= 4 is 0 Å². The lowest BCUT2D eigenvalue weighted by Gasteiger charge is -2.32. The molecule has 1 aliphatic rings. The van der Waals surface area contributed by atoms with Gasteiger partial charge in [0.1, 0.15) is 12.4 Å². The molecule has 120 valence electrons. The second kappa shape index (κ2) is 6.34. The van der Waals surface area contributed by atoms with Gasteiger partial charge in [0.15, 0.2) is 5.82 Å². The van der Waals surface area contributed by atoms with E-state index in [1.165, 1.54) is 0 Å². The Morgan fingerprint density at radius 1 is 1.24 bits per heavy atom. The minimum atomic E-state index is -4.21. The van der Waals surface area contributed by atoms with Gasteiger partial charge >= 0.3 is 6.18 Å². The summed E-state index contributed by atoms with van der Waals surface area (Å²) in [6, 6.07) is 0. The van der Waals surface area contributed by atoms with Crippen LogP contribution in [0.4, 0.5) is 13.2 Å². The number of aliphatic hydroxyl groups is 1. The number of hydrogen-bond acceptors (Lipinski definition) is 3. The molecule has 1 aliphatic carbocycles. The molecule has 4 nitrogen and oxygen atoms in total. The summed E-state index contributed by atoms with van der Waals surface area (Å²) < 4.78 is 41.4. The Bertz CT molecular complexity index is 471. The van der Waals surface area contributed by atoms with Crippen molar-refractivity contribution in [2.45, 2.75) is 64.8 Å². The van der Waals surface area contributed by atoms with Crippen LogP contribution < -0.4 is 0 Å². The molecular formula is C14H22F3N3O.